The molecule has 0 atom stereocenters. The van der Waals surface area contributed by atoms with Crippen molar-refractivity contribution < 1.29 is 23.8 Å². The number of hydrogen-bond acceptors (Lipinski definition) is 5. The zero-order valence-corrected chi connectivity index (χ0v) is 15.0. The van der Waals surface area contributed by atoms with Gasteiger partial charge in [0, 0.05) is 28.7 Å². The van der Waals surface area contributed by atoms with E-state index in [0.717, 1.165) is 16.5 Å². The van der Waals surface area contributed by atoms with Crippen molar-refractivity contribution in [2.45, 2.75) is 0 Å². The van der Waals surface area contributed by atoms with E-state index in [4.69, 9.17) is 14.2 Å². The van der Waals surface area contributed by atoms with Crippen molar-refractivity contribution in [2.24, 2.45) is 0 Å². The first kappa shape index (κ1) is 18.3. The van der Waals surface area contributed by atoms with Crippen LogP contribution >= 0.6 is 0 Å². The molecule has 6 nitrogen and oxygen atoms in total. The first-order valence-electron chi connectivity index (χ1n) is 8.28. The number of aromatic amines is 1. The van der Waals surface area contributed by atoms with Crippen LogP contribution in [-0.4, -0.2) is 37.6 Å². The molecule has 27 heavy (non-hydrogen) atoms. The lowest BCUT2D eigenvalue weighted by Crippen LogP contribution is -2.12. The summed E-state index contributed by atoms with van der Waals surface area (Å²) >= 11 is 0. The molecule has 0 aliphatic rings. The minimum atomic E-state index is -0.599. The molecule has 0 saturated heterocycles. The fourth-order valence-corrected chi connectivity index (χ4v) is 2.69. The van der Waals surface area contributed by atoms with Gasteiger partial charge in [-0.1, -0.05) is 24.3 Å². The predicted molar refractivity (Wildman–Crippen MR) is 102 cm³/mol. The zero-order valence-electron chi connectivity index (χ0n) is 15.0. The second-order valence-electron chi connectivity index (χ2n) is 5.73. The second kappa shape index (κ2) is 8.23. The molecule has 1 N–H and O–H groups in total. The van der Waals surface area contributed by atoms with Crippen LogP contribution in [-0.2, 0) is 9.53 Å². The topological polar surface area (TPSA) is 77.6 Å². The molecule has 0 amide bonds. The smallest absolute Gasteiger partial charge is 0.331 e. The molecule has 0 spiro atoms. The Bertz CT molecular complexity index is 1000. The Labute approximate surface area is 156 Å². The van der Waals surface area contributed by atoms with Crippen molar-refractivity contribution in [1.82, 2.24) is 4.98 Å². The highest BCUT2D eigenvalue weighted by atomic mass is 16.5. The summed E-state index contributed by atoms with van der Waals surface area (Å²) in [5.74, 6) is 0.294. The molecule has 0 aliphatic heterocycles. The Morgan fingerprint density at radius 2 is 1.81 bits per heavy atom. The van der Waals surface area contributed by atoms with Gasteiger partial charge in [-0.15, -0.1) is 0 Å². The molecule has 3 aromatic rings. The highest BCUT2D eigenvalue weighted by Gasteiger charge is 2.13. The van der Waals surface area contributed by atoms with E-state index in [9.17, 15) is 9.59 Å². The van der Waals surface area contributed by atoms with Crippen LogP contribution in [0.4, 0.5) is 0 Å². The standard InChI is InChI=1S/C21H19NO5/c1-25-19-9-7-14(11-20(19)26-2)8-10-21(24)27-13-18(23)16-12-22-17-6-4-3-5-15(16)17/h3-12,22H,13H2,1-2H3/b10-8+. The van der Waals surface area contributed by atoms with E-state index in [1.807, 2.05) is 24.3 Å². The zero-order chi connectivity index (χ0) is 19.2. The largest absolute Gasteiger partial charge is 0.493 e. The van der Waals surface area contributed by atoms with Gasteiger partial charge >= 0.3 is 5.97 Å². The minimum Gasteiger partial charge on any atom is -0.493 e. The number of ether oxygens (including phenoxy) is 3. The summed E-state index contributed by atoms with van der Waals surface area (Å²) in [6, 6.07) is 12.7. The Morgan fingerprint density at radius 3 is 2.59 bits per heavy atom. The van der Waals surface area contributed by atoms with Crippen LogP contribution in [0.2, 0.25) is 0 Å². The van der Waals surface area contributed by atoms with E-state index >= 15 is 0 Å². The maximum Gasteiger partial charge on any atom is 0.331 e. The number of fused-ring (bicyclic) bond motifs is 1. The summed E-state index contributed by atoms with van der Waals surface area (Å²) in [5.41, 5.74) is 2.11. The second-order valence-corrected chi connectivity index (χ2v) is 5.73. The van der Waals surface area contributed by atoms with Crippen molar-refractivity contribution in [3.63, 3.8) is 0 Å². The summed E-state index contributed by atoms with van der Waals surface area (Å²) in [6.07, 6.45) is 4.48. The maximum atomic E-state index is 12.3. The molecule has 3 rings (SSSR count). The SMILES string of the molecule is COc1ccc(/C=C/C(=O)OCC(=O)c2c[nH]c3ccccc23)cc1OC. The van der Waals surface area contributed by atoms with E-state index in [0.29, 0.717) is 17.1 Å². The number of benzene rings is 2. The number of rotatable bonds is 7. The van der Waals surface area contributed by atoms with Gasteiger partial charge in [0.2, 0.25) is 5.78 Å². The molecule has 1 aromatic heterocycles. The van der Waals surface area contributed by atoms with Crippen LogP contribution < -0.4 is 9.47 Å². The Hall–Kier alpha value is -3.54. The van der Waals surface area contributed by atoms with E-state index in [-0.39, 0.29) is 12.4 Å². The fourth-order valence-electron chi connectivity index (χ4n) is 2.69. The van der Waals surface area contributed by atoms with Gasteiger partial charge in [-0.05, 0) is 29.8 Å². The maximum absolute atomic E-state index is 12.3. The van der Waals surface area contributed by atoms with E-state index in [1.54, 1.807) is 37.6 Å². The third-order valence-electron chi connectivity index (χ3n) is 4.05. The number of Topliss-reactive ketones (excluding diaryl/α,β-unsaturated/α-hetero) is 1. The van der Waals surface area contributed by atoms with Crippen LogP contribution in [0.25, 0.3) is 17.0 Å². The van der Waals surface area contributed by atoms with E-state index < -0.39 is 5.97 Å². The molecule has 0 unspecified atom stereocenters. The number of aromatic nitrogens is 1. The minimum absolute atomic E-state index is 0.264. The summed E-state index contributed by atoms with van der Waals surface area (Å²) < 4.78 is 15.4. The average Bonchev–Trinajstić information content (AvgIpc) is 3.14. The number of carbonyl (C=O) groups is 2. The van der Waals surface area contributed by atoms with Gasteiger partial charge < -0.3 is 19.2 Å². The number of nitrogens with one attached hydrogen (secondary N) is 1. The summed E-state index contributed by atoms with van der Waals surface area (Å²) in [4.78, 5) is 27.2. The highest BCUT2D eigenvalue weighted by Crippen LogP contribution is 2.28. The van der Waals surface area contributed by atoms with Crippen molar-refractivity contribution in [1.29, 1.82) is 0 Å². The van der Waals surface area contributed by atoms with E-state index in [2.05, 4.69) is 4.98 Å². The van der Waals surface area contributed by atoms with Gasteiger partial charge in [-0.3, -0.25) is 4.79 Å². The van der Waals surface area contributed by atoms with Crippen molar-refractivity contribution in [2.75, 3.05) is 20.8 Å². The lowest BCUT2D eigenvalue weighted by atomic mass is 10.1. The number of ketones is 1. The number of H-pyrrole nitrogens is 1. The molecule has 2 aromatic carbocycles. The number of para-hydroxylation sites is 1. The third-order valence-corrected chi connectivity index (χ3v) is 4.05. The molecule has 0 aliphatic carbocycles. The van der Waals surface area contributed by atoms with Gasteiger partial charge in [-0.2, -0.15) is 0 Å². The number of carbonyl (C=O) groups excluding carboxylic acids is 2. The van der Waals surface area contributed by atoms with Crippen LogP contribution in [0, 0.1) is 0 Å². The number of methoxy groups -OCH3 is 2. The highest BCUT2D eigenvalue weighted by molar-refractivity contribution is 6.09. The lowest BCUT2D eigenvalue weighted by Gasteiger charge is -2.07. The number of esters is 1. The molecule has 1 heterocycles. The summed E-state index contributed by atoms with van der Waals surface area (Å²) in [6.45, 7) is -0.322. The van der Waals surface area contributed by atoms with Crippen molar-refractivity contribution >= 4 is 28.7 Å². The number of hydrogen-bond donors (Lipinski definition) is 1. The Kier molecular flexibility index (Phi) is 5.56. The van der Waals surface area contributed by atoms with Crippen LogP contribution in [0.3, 0.4) is 0 Å². The van der Waals surface area contributed by atoms with Gasteiger partial charge in [0.25, 0.3) is 0 Å². The fraction of sp³-hybridized carbons (Fsp3) is 0.143. The first-order valence-corrected chi connectivity index (χ1v) is 8.28. The Balaban J connectivity index is 1.61. The van der Waals surface area contributed by atoms with Gasteiger partial charge in [0.1, 0.15) is 0 Å². The molecular formula is C21H19NO5. The predicted octanol–water partition coefficient (Wildman–Crippen LogP) is 3.62. The van der Waals surface area contributed by atoms with Gasteiger partial charge in [0.15, 0.2) is 18.1 Å². The first-order chi connectivity index (χ1) is 13.1. The molecule has 138 valence electrons. The molecular weight excluding hydrogens is 346 g/mol. The quantitative estimate of drug-likeness (QED) is 0.393. The van der Waals surface area contributed by atoms with Crippen molar-refractivity contribution in [3.05, 3.63) is 65.9 Å². The Morgan fingerprint density at radius 1 is 1.04 bits per heavy atom. The molecule has 0 radical (unpaired) electrons. The van der Waals surface area contributed by atoms with Crippen LogP contribution in [0.5, 0.6) is 11.5 Å². The van der Waals surface area contributed by atoms with Crippen LogP contribution in [0.1, 0.15) is 15.9 Å². The normalized spacial score (nSPS) is 10.9. The van der Waals surface area contributed by atoms with Crippen molar-refractivity contribution in [3.8, 4) is 11.5 Å². The monoisotopic (exact) mass is 365 g/mol. The third kappa shape index (κ3) is 4.17. The lowest BCUT2D eigenvalue weighted by molar-refractivity contribution is -0.136. The van der Waals surface area contributed by atoms with Crippen LogP contribution in [0.15, 0.2) is 54.7 Å². The molecule has 0 saturated carbocycles. The molecule has 6 heteroatoms. The molecule has 0 fully saturated rings. The average molecular weight is 365 g/mol. The summed E-state index contributed by atoms with van der Waals surface area (Å²) in [5, 5.41) is 0.805. The van der Waals surface area contributed by atoms with Gasteiger partial charge in [0.05, 0.1) is 14.2 Å². The molecule has 0 bridgehead atoms. The summed E-state index contributed by atoms with van der Waals surface area (Å²) in [7, 11) is 3.09. The van der Waals surface area contributed by atoms with E-state index in [1.165, 1.54) is 13.2 Å². The van der Waals surface area contributed by atoms with Gasteiger partial charge in [-0.25, -0.2) is 4.79 Å².